The van der Waals surface area contributed by atoms with E-state index in [2.05, 4.69) is 6.07 Å². The topological polar surface area (TPSA) is 64.9 Å². The molecule has 0 aliphatic rings. The molecule has 1 aromatic heterocycles. The van der Waals surface area contributed by atoms with E-state index < -0.39 is 0 Å². The third-order valence-electron chi connectivity index (χ3n) is 3.24. The fourth-order valence-corrected chi connectivity index (χ4v) is 2.35. The standard InChI is InChI=1S/C16H13N3O2/c1-2-21-13-8-9-15-14(10-13)16(11-17)18(19(15)20)12-6-4-3-5-7-12/h3-10H,2H2,1H3. The fourth-order valence-electron chi connectivity index (χ4n) is 2.35. The second kappa shape index (κ2) is 5.17. The molecule has 0 spiro atoms. The second-order valence-electron chi connectivity index (χ2n) is 4.49. The molecule has 104 valence electrons. The summed E-state index contributed by atoms with van der Waals surface area (Å²) in [6.07, 6.45) is 0. The Morgan fingerprint density at radius 3 is 2.67 bits per heavy atom. The molecule has 0 radical (unpaired) electrons. The molecule has 0 saturated carbocycles. The van der Waals surface area contributed by atoms with Crippen LogP contribution in [0.15, 0.2) is 48.5 Å². The molecule has 5 nitrogen and oxygen atoms in total. The molecular formula is C16H13N3O2. The zero-order valence-electron chi connectivity index (χ0n) is 11.5. The van der Waals surface area contributed by atoms with Crippen LogP contribution in [0, 0.1) is 16.5 Å². The summed E-state index contributed by atoms with van der Waals surface area (Å²) in [6.45, 7) is 2.42. The highest BCUT2D eigenvalue weighted by atomic mass is 16.5. The summed E-state index contributed by atoms with van der Waals surface area (Å²) in [5.74, 6) is 0.646. The summed E-state index contributed by atoms with van der Waals surface area (Å²) in [5.41, 5.74) is 1.39. The van der Waals surface area contributed by atoms with Gasteiger partial charge in [-0.15, -0.1) is 0 Å². The lowest BCUT2D eigenvalue weighted by Crippen LogP contribution is -2.36. The van der Waals surface area contributed by atoms with Crippen molar-refractivity contribution in [2.75, 3.05) is 6.61 Å². The molecule has 3 aromatic rings. The molecule has 1 heterocycles. The van der Waals surface area contributed by atoms with Crippen molar-refractivity contribution in [3.63, 3.8) is 0 Å². The smallest absolute Gasteiger partial charge is 0.253 e. The Balaban J connectivity index is 2.31. The van der Waals surface area contributed by atoms with Gasteiger partial charge >= 0.3 is 0 Å². The maximum absolute atomic E-state index is 12.5. The van der Waals surface area contributed by atoms with Crippen molar-refractivity contribution in [1.29, 1.82) is 5.26 Å². The third kappa shape index (κ3) is 2.07. The van der Waals surface area contributed by atoms with Gasteiger partial charge in [-0.2, -0.15) is 5.26 Å². The normalized spacial score (nSPS) is 10.5. The van der Waals surface area contributed by atoms with Gasteiger partial charge in [0.25, 0.3) is 5.52 Å². The van der Waals surface area contributed by atoms with Crippen molar-refractivity contribution in [1.82, 2.24) is 4.68 Å². The minimum Gasteiger partial charge on any atom is -0.595 e. The second-order valence-corrected chi connectivity index (χ2v) is 4.49. The number of hydrogen-bond donors (Lipinski definition) is 0. The largest absolute Gasteiger partial charge is 0.595 e. The predicted octanol–water partition coefficient (Wildman–Crippen LogP) is 2.53. The Hall–Kier alpha value is -3.00. The zero-order valence-corrected chi connectivity index (χ0v) is 11.5. The first-order chi connectivity index (χ1) is 10.3. The number of aromatic nitrogens is 2. The van der Waals surface area contributed by atoms with Gasteiger partial charge in [0.2, 0.25) is 0 Å². The number of benzene rings is 2. The Labute approximate surface area is 121 Å². The van der Waals surface area contributed by atoms with Crippen molar-refractivity contribution in [3.8, 4) is 17.5 Å². The highest BCUT2D eigenvalue weighted by Crippen LogP contribution is 2.24. The van der Waals surface area contributed by atoms with Crippen LogP contribution in [-0.4, -0.2) is 11.3 Å². The molecule has 3 rings (SSSR count). The predicted molar refractivity (Wildman–Crippen MR) is 78.1 cm³/mol. The zero-order chi connectivity index (χ0) is 14.8. The lowest BCUT2D eigenvalue weighted by atomic mass is 10.2. The van der Waals surface area contributed by atoms with Crippen molar-refractivity contribution >= 4 is 10.9 Å². The molecule has 0 aliphatic carbocycles. The van der Waals surface area contributed by atoms with Crippen molar-refractivity contribution < 1.29 is 9.58 Å². The molecule has 2 aromatic carbocycles. The summed E-state index contributed by atoms with van der Waals surface area (Å²) in [7, 11) is 0. The summed E-state index contributed by atoms with van der Waals surface area (Å²) in [5, 5.41) is 22.5. The van der Waals surface area contributed by atoms with E-state index in [4.69, 9.17) is 4.74 Å². The van der Waals surface area contributed by atoms with Crippen LogP contribution in [-0.2, 0) is 0 Å². The van der Waals surface area contributed by atoms with Crippen LogP contribution < -0.4 is 9.58 Å². The average Bonchev–Trinajstić information content (AvgIpc) is 2.80. The summed E-state index contributed by atoms with van der Waals surface area (Å²) in [6, 6.07) is 16.3. The lowest BCUT2D eigenvalue weighted by Gasteiger charge is -2.03. The molecule has 0 atom stereocenters. The van der Waals surface area contributed by atoms with Crippen molar-refractivity contribution in [3.05, 3.63) is 59.4 Å². The van der Waals surface area contributed by atoms with Gasteiger partial charge in [0.15, 0.2) is 5.69 Å². The van der Waals surface area contributed by atoms with E-state index in [1.165, 1.54) is 4.68 Å². The van der Waals surface area contributed by atoms with Gasteiger partial charge in [-0.05, 0) is 31.2 Å². The van der Waals surface area contributed by atoms with Gasteiger partial charge in [-0.3, -0.25) is 0 Å². The van der Waals surface area contributed by atoms with Gasteiger partial charge in [0.1, 0.15) is 17.5 Å². The number of fused-ring (bicyclic) bond motifs is 1. The Morgan fingerprint density at radius 2 is 2.00 bits per heavy atom. The SMILES string of the molecule is CCOc1ccc2c(c1)c(C#N)n(-c1ccccc1)[n+]2[O-]. The molecule has 0 unspecified atom stereocenters. The van der Waals surface area contributed by atoms with Gasteiger partial charge in [0, 0.05) is 6.07 Å². The third-order valence-corrected chi connectivity index (χ3v) is 3.24. The molecular weight excluding hydrogens is 266 g/mol. The van der Waals surface area contributed by atoms with Crippen LogP contribution in [0.2, 0.25) is 0 Å². The number of para-hydroxylation sites is 1. The van der Waals surface area contributed by atoms with E-state index >= 15 is 0 Å². The minimum atomic E-state index is 0.299. The van der Waals surface area contributed by atoms with Gasteiger partial charge < -0.3 is 9.94 Å². The van der Waals surface area contributed by atoms with E-state index in [9.17, 15) is 10.5 Å². The highest BCUT2D eigenvalue weighted by molar-refractivity contribution is 5.83. The molecule has 5 heteroatoms. The van der Waals surface area contributed by atoms with Gasteiger partial charge in [0.05, 0.1) is 12.0 Å². The van der Waals surface area contributed by atoms with Crippen LogP contribution >= 0.6 is 0 Å². The molecule has 21 heavy (non-hydrogen) atoms. The number of nitrogens with zero attached hydrogens (tertiary/aromatic N) is 3. The van der Waals surface area contributed by atoms with Crippen molar-refractivity contribution in [2.45, 2.75) is 6.92 Å². The number of ether oxygens (including phenoxy) is 1. The van der Waals surface area contributed by atoms with E-state index in [0.717, 1.165) is 4.85 Å². The van der Waals surface area contributed by atoms with E-state index in [0.29, 0.717) is 34.6 Å². The maximum atomic E-state index is 12.5. The van der Waals surface area contributed by atoms with Gasteiger partial charge in [-0.1, -0.05) is 27.7 Å². The number of nitriles is 1. The van der Waals surface area contributed by atoms with Gasteiger partial charge in [-0.25, -0.2) is 0 Å². The Morgan fingerprint density at radius 1 is 1.24 bits per heavy atom. The molecule has 0 saturated heterocycles. The first kappa shape index (κ1) is 13.0. The first-order valence-electron chi connectivity index (χ1n) is 6.63. The van der Waals surface area contributed by atoms with Crippen molar-refractivity contribution in [2.24, 2.45) is 0 Å². The van der Waals surface area contributed by atoms with E-state index in [-0.39, 0.29) is 0 Å². The van der Waals surface area contributed by atoms with Crippen LogP contribution in [0.5, 0.6) is 5.75 Å². The Kier molecular flexibility index (Phi) is 3.20. The van der Waals surface area contributed by atoms with Crippen LogP contribution in [0.3, 0.4) is 0 Å². The van der Waals surface area contributed by atoms with Crippen LogP contribution in [0.1, 0.15) is 12.6 Å². The number of hydrogen-bond acceptors (Lipinski definition) is 3. The van der Waals surface area contributed by atoms with E-state index in [1.54, 1.807) is 30.3 Å². The highest BCUT2D eigenvalue weighted by Gasteiger charge is 2.22. The summed E-state index contributed by atoms with van der Waals surface area (Å²) >= 11 is 0. The molecule has 0 amide bonds. The maximum Gasteiger partial charge on any atom is 0.253 e. The quantitative estimate of drug-likeness (QED) is 0.546. The monoisotopic (exact) mass is 279 g/mol. The Bertz CT molecular complexity index is 832. The fraction of sp³-hybridized carbons (Fsp3) is 0.125. The average molecular weight is 279 g/mol. The summed E-state index contributed by atoms with van der Waals surface area (Å²) in [4.78, 5) is 0.735. The number of rotatable bonds is 3. The van der Waals surface area contributed by atoms with Crippen LogP contribution in [0.4, 0.5) is 0 Å². The lowest BCUT2D eigenvalue weighted by molar-refractivity contribution is -0.659. The molecule has 0 N–H and O–H groups in total. The van der Waals surface area contributed by atoms with Crippen LogP contribution in [0.25, 0.3) is 16.6 Å². The molecule has 0 bridgehead atoms. The molecule has 0 fully saturated rings. The minimum absolute atomic E-state index is 0.299. The van der Waals surface area contributed by atoms with E-state index in [1.807, 2.05) is 25.1 Å². The summed E-state index contributed by atoms with van der Waals surface area (Å²) < 4.78 is 6.80. The molecule has 0 aliphatic heterocycles. The first-order valence-corrected chi connectivity index (χ1v) is 6.63.